The summed E-state index contributed by atoms with van der Waals surface area (Å²) in [6, 6.07) is 15.1. The second-order valence-corrected chi connectivity index (χ2v) is 5.36. The number of rotatable bonds is 9. The molecule has 0 heterocycles. The van der Waals surface area contributed by atoms with Crippen molar-refractivity contribution in [3.05, 3.63) is 65.5 Å². The van der Waals surface area contributed by atoms with Crippen molar-refractivity contribution in [1.29, 1.82) is 0 Å². The number of hydrogen-bond donors (Lipinski definition) is 1. The molecule has 0 bridgehead atoms. The van der Waals surface area contributed by atoms with Crippen molar-refractivity contribution in [1.82, 2.24) is 5.32 Å². The molecule has 0 radical (unpaired) electrons. The van der Waals surface area contributed by atoms with Gasteiger partial charge in [0.25, 0.3) is 0 Å². The van der Waals surface area contributed by atoms with Gasteiger partial charge in [0.2, 0.25) is 0 Å². The smallest absolute Gasteiger partial charge is 0.126 e. The molecule has 0 amide bonds. The molecule has 2 aromatic rings. The van der Waals surface area contributed by atoms with E-state index in [2.05, 4.69) is 24.4 Å². The summed E-state index contributed by atoms with van der Waals surface area (Å²) in [6.07, 6.45) is 2.92. The lowest BCUT2D eigenvalue weighted by Gasteiger charge is -2.08. The van der Waals surface area contributed by atoms with Gasteiger partial charge in [-0.25, -0.2) is 4.39 Å². The Morgan fingerprint density at radius 3 is 2.55 bits per heavy atom. The van der Waals surface area contributed by atoms with E-state index in [0.717, 1.165) is 43.9 Å². The predicted octanol–water partition coefficient (Wildman–Crippen LogP) is 4.34. The molecule has 22 heavy (non-hydrogen) atoms. The number of halogens is 1. The summed E-state index contributed by atoms with van der Waals surface area (Å²) in [6.45, 7) is 4.47. The van der Waals surface area contributed by atoms with E-state index in [-0.39, 0.29) is 5.82 Å². The van der Waals surface area contributed by atoms with Gasteiger partial charge in [0.05, 0.1) is 6.61 Å². The first-order valence-electron chi connectivity index (χ1n) is 7.95. The van der Waals surface area contributed by atoms with E-state index in [0.29, 0.717) is 6.42 Å². The van der Waals surface area contributed by atoms with Gasteiger partial charge in [0.15, 0.2) is 0 Å². The summed E-state index contributed by atoms with van der Waals surface area (Å²) in [5.41, 5.74) is 1.96. The molecule has 0 aliphatic rings. The second-order valence-electron chi connectivity index (χ2n) is 5.36. The Labute approximate surface area is 132 Å². The van der Waals surface area contributed by atoms with Crippen molar-refractivity contribution in [3.63, 3.8) is 0 Å². The molecular formula is C19H24FNO. The molecule has 0 fully saturated rings. The molecule has 2 nitrogen and oxygen atoms in total. The maximum absolute atomic E-state index is 13.5. The van der Waals surface area contributed by atoms with Gasteiger partial charge in [-0.1, -0.05) is 43.7 Å². The minimum absolute atomic E-state index is 0.127. The van der Waals surface area contributed by atoms with Gasteiger partial charge in [-0.3, -0.25) is 0 Å². The zero-order valence-corrected chi connectivity index (χ0v) is 13.1. The Bertz CT molecular complexity index is 554. The lowest BCUT2D eigenvalue weighted by Crippen LogP contribution is -2.17. The minimum Gasteiger partial charge on any atom is -0.494 e. The van der Waals surface area contributed by atoms with Crippen LogP contribution in [0.3, 0.4) is 0 Å². The van der Waals surface area contributed by atoms with Crippen molar-refractivity contribution in [3.8, 4) is 5.75 Å². The second kappa shape index (κ2) is 9.21. The van der Waals surface area contributed by atoms with E-state index in [9.17, 15) is 4.39 Å². The highest BCUT2D eigenvalue weighted by atomic mass is 19.1. The molecule has 2 aromatic carbocycles. The van der Waals surface area contributed by atoms with Crippen LogP contribution in [-0.2, 0) is 13.0 Å². The maximum Gasteiger partial charge on any atom is 0.126 e. The number of nitrogens with one attached hydrogen (secondary N) is 1. The summed E-state index contributed by atoms with van der Waals surface area (Å²) >= 11 is 0. The van der Waals surface area contributed by atoms with Gasteiger partial charge < -0.3 is 10.1 Å². The van der Waals surface area contributed by atoms with Gasteiger partial charge in [0, 0.05) is 6.54 Å². The van der Waals surface area contributed by atoms with E-state index in [1.54, 1.807) is 6.07 Å². The molecule has 0 aromatic heterocycles. The molecule has 3 heteroatoms. The topological polar surface area (TPSA) is 21.3 Å². The molecule has 118 valence electrons. The van der Waals surface area contributed by atoms with Crippen molar-refractivity contribution < 1.29 is 9.13 Å². The highest BCUT2D eigenvalue weighted by Crippen LogP contribution is 2.12. The molecule has 2 rings (SSSR count). The van der Waals surface area contributed by atoms with Gasteiger partial charge in [-0.15, -0.1) is 0 Å². The Morgan fingerprint density at radius 2 is 1.82 bits per heavy atom. The van der Waals surface area contributed by atoms with Crippen LogP contribution in [0, 0.1) is 5.82 Å². The van der Waals surface area contributed by atoms with E-state index in [4.69, 9.17) is 4.74 Å². The molecule has 0 aliphatic heterocycles. The number of ether oxygens (including phenoxy) is 1. The average molecular weight is 301 g/mol. The van der Waals surface area contributed by atoms with Crippen molar-refractivity contribution >= 4 is 0 Å². The quantitative estimate of drug-likeness (QED) is 0.696. The lowest BCUT2D eigenvalue weighted by molar-refractivity contribution is 0.309. The first-order chi connectivity index (χ1) is 10.8. The molecule has 0 saturated carbocycles. The normalized spacial score (nSPS) is 10.6. The lowest BCUT2D eigenvalue weighted by atomic mass is 10.1. The third-order valence-electron chi connectivity index (χ3n) is 3.55. The zero-order valence-electron chi connectivity index (χ0n) is 13.1. The van der Waals surface area contributed by atoms with Crippen LogP contribution in [0.2, 0.25) is 0 Å². The van der Waals surface area contributed by atoms with Gasteiger partial charge >= 0.3 is 0 Å². The highest BCUT2D eigenvalue weighted by molar-refractivity contribution is 5.27. The fourth-order valence-corrected chi connectivity index (χ4v) is 2.19. The number of unbranched alkanes of at least 4 members (excludes halogenated alkanes) is 1. The van der Waals surface area contributed by atoms with Crippen LogP contribution >= 0.6 is 0 Å². The van der Waals surface area contributed by atoms with Crippen molar-refractivity contribution in [2.24, 2.45) is 0 Å². The zero-order chi connectivity index (χ0) is 15.6. The molecule has 0 aliphatic carbocycles. The first kappa shape index (κ1) is 16.5. The number of hydrogen-bond acceptors (Lipinski definition) is 2. The highest BCUT2D eigenvalue weighted by Gasteiger charge is 2.00. The van der Waals surface area contributed by atoms with E-state index >= 15 is 0 Å². The van der Waals surface area contributed by atoms with Gasteiger partial charge in [-0.05, 0) is 48.7 Å². The fourth-order valence-electron chi connectivity index (χ4n) is 2.19. The molecule has 0 spiro atoms. The van der Waals surface area contributed by atoms with Crippen LogP contribution in [0.4, 0.5) is 4.39 Å². The van der Waals surface area contributed by atoms with Crippen molar-refractivity contribution in [2.75, 3.05) is 13.2 Å². The minimum atomic E-state index is -0.127. The van der Waals surface area contributed by atoms with Crippen molar-refractivity contribution in [2.45, 2.75) is 32.7 Å². The Hall–Kier alpha value is -1.87. The molecule has 0 saturated heterocycles. The summed E-state index contributed by atoms with van der Waals surface area (Å²) in [5.74, 6) is 0.793. The summed E-state index contributed by atoms with van der Waals surface area (Å²) in [5, 5.41) is 3.34. The number of benzene rings is 2. The van der Waals surface area contributed by atoms with E-state index in [1.807, 2.05) is 24.3 Å². The molecule has 0 unspecified atom stereocenters. The molecule has 0 atom stereocenters. The molecule has 1 N–H and O–H groups in total. The maximum atomic E-state index is 13.5. The van der Waals surface area contributed by atoms with Gasteiger partial charge in [0.1, 0.15) is 11.6 Å². The SMILES string of the molecule is CCCCOc1ccc(CNCCc2ccccc2F)cc1. The van der Waals surface area contributed by atoms with Gasteiger partial charge in [-0.2, -0.15) is 0 Å². The van der Waals surface area contributed by atoms with Crippen LogP contribution in [0.5, 0.6) is 5.75 Å². The Balaban J connectivity index is 1.70. The van der Waals surface area contributed by atoms with Crippen LogP contribution < -0.4 is 10.1 Å². The van der Waals surface area contributed by atoms with Crippen LogP contribution in [-0.4, -0.2) is 13.2 Å². The van der Waals surface area contributed by atoms with E-state index < -0.39 is 0 Å². The third kappa shape index (κ3) is 5.49. The van der Waals surface area contributed by atoms with Crippen LogP contribution in [0.25, 0.3) is 0 Å². The largest absolute Gasteiger partial charge is 0.494 e. The first-order valence-corrected chi connectivity index (χ1v) is 7.95. The standard InChI is InChI=1S/C19H24FNO/c1-2-3-14-22-18-10-8-16(9-11-18)15-21-13-12-17-6-4-5-7-19(17)20/h4-11,21H,2-3,12-15H2,1H3. The van der Waals surface area contributed by atoms with Crippen LogP contribution in [0.15, 0.2) is 48.5 Å². The molecular weight excluding hydrogens is 277 g/mol. The average Bonchev–Trinajstić information content (AvgIpc) is 2.55. The Morgan fingerprint density at radius 1 is 1.05 bits per heavy atom. The van der Waals surface area contributed by atoms with E-state index in [1.165, 1.54) is 11.6 Å². The summed E-state index contributed by atoms with van der Waals surface area (Å²) < 4.78 is 19.1. The fraction of sp³-hybridized carbons (Fsp3) is 0.368. The van der Waals surface area contributed by atoms with Crippen LogP contribution in [0.1, 0.15) is 30.9 Å². The monoisotopic (exact) mass is 301 g/mol. The summed E-state index contributed by atoms with van der Waals surface area (Å²) in [4.78, 5) is 0. The third-order valence-corrected chi connectivity index (χ3v) is 3.55. The predicted molar refractivity (Wildman–Crippen MR) is 88.7 cm³/mol. The Kier molecular flexibility index (Phi) is 6.91. The summed E-state index contributed by atoms with van der Waals surface area (Å²) in [7, 11) is 0.